The lowest BCUT2D eigenvalue weighted by Crippen LogP contribution is -2.33. The van der Waals surface area contributed by atoms with Crippen LogP contribution in [0.5, 0.6) is 11.5 Å². The lowest BCUT2D eigenvalue weighted by Gasteiger charge is -2.11. The van der Waals surface area contributed by atoms with Crippen LogP contribution in [0.3, 0.4) is 0 Å². The summed E-state index contributed by atoms with van der Waals surface area (Å²) >= 11 is 0. The molecule has 0 aliphatic rings. The van der Waals surface area contributed by atoms with E-state index in [9.17, 15) is 13.2 Å². The Morgan fingerprint density at radius 2 is 1.81 bits per heavy atom. The highest BCUT2D eigenvalue weighted by atomic mass is 32.2. The molecule has 0 radical (unpaired) electrons. The molecule has 0 aliphatic carbocycles. The van der Waals surface area contributed by atoms with Crippen molar-refractivity contribution in [3.8, 4) is 22.8 Å². The number of aromatic nitrogens is 3. The standard InChI is InChI=1S/C18H20N6O6S/c1-28-14-7-12-13(8-15(14)29-2)22-10-23-17(12)11-3-4-16(21-9-11)20-5-6-24-31(26,27)30-18(19)25/h3-4,7-10,24H,5-6H2,1-2H3,(H2,19,25)(H,20,21). The Kier molecular flexibility index (Phi) is 6.67. The number of methoxy groups -OCH3 is 2. The van der Waals surface area contributed by atoms with Gasteiger partial charge in [0.1, 0.15) is 12.1 Å². The maximum Gasteiger partial charge on any atom is 0.421 e. The summed E-state index contributed by atoms with van der Waals surface area (Å²) in [6.07, 6.45) is 1.67. The van der Waals surface area contributed by atoms with Crippen LogP contribution in [0.4, 0.5) is 10.6 Å². The van der Waals surface area contributed by atoms with Crippen molar-refractivity contribution in [2.75, 3.05) is 32.6 Å². The number of primary amides is 1. The molecule has 0 saturated heterocycles. The van der Waals surface area contributed by atoms with Gasteiger partial charge in [-0.3, -0.25) is 0 Å². The monoisotopic (exact) mass is 448 g/mol. The number of nitrogens with one attached hydrogen (secondary N) is 2. The third-order valence-electron chi connectivity index (χ3n) is 4.08. The molecular weight excluding hydrogens is 428 g/mol. The number of nitrogens with zero attached hydrogens (tertiary/aromatic N) is 3. The first-order chi connectivity index (χ1) is 14.8. The number of hydrogen-bond donors (Lipinski definition) is 3. The summed E-state index contributed by atoms with van der Waals surface area (Å²) in [6, 6.07) is 7.11. The molecule has 3 rings (SSSR count). The number of benzene rings is 1. The van der Waals surface area contributed by atoms with E-state index in [2.05, 4.69) is 34.9 Å². The van der Waals surface area contributed by atoms with Crippen LogP contribution in [-0.2, 0) is 14.5 Å². The summed E-state index contributed by atoms with van der Waals surface area (Å²) in [4.78, 5) is 23.5. The van der Waals surface area contributed by atoms with E-state index in [1.807, 2.05) is 6.07 Å². The Balaban J connectivity index is 1.72. The summed E-state index contributed by atoms with van der Waals surface area (Å²) < 4.78 is 39.4. The number of ether oxygens (including phenoxy) is 2. The molecule has 0 fully saturated rings. The minimum absolute atomic E-state index is 0.0444. The summed E-state index contributed by atoms with van der Waals surface area (Å²) in [5.74, 6) is 1.63. The van der Waals surface area contributed by atoms with Gasteiger partial charge < -0.3 is 24.7 Å². The Morgan fingerprint density at radius 3 is 2.45 bits per heavy atom. The molecule has 0 aliphatic heterocycles. The van der Waals surface area contributed by atoms with Gasteiger partial charge in [-0.1, -0.05) is 0 Å². The third kappa shape index (κ3) is 5.46. The van der Waals surface area contributed by atoms with Crippen molar-refractivity contribution < 1.29 is 26.9 Å². The van der Waals surface area contributed by atoms with Crippen molar-refractivity contribution in [1.29, 1.82) is 0 Å². The Labute approximate surface area is 178 Å². The van der Waals surface area contributed by atoms with E-state index in [0.717, 1.165) is 10.9 Å². The Bertz CT molecular complexity index is 1190. The van der Waals surface area contributed by atoms with Crippen LogP contribution in [-0.4, -0.2) is 56.8 Å². The van der Waals surface area contributed by atoms with E-state index in [1.54, 1.807) is 38.6 Å². The fraction of sp³-hybridized carbons (Fsp3) is 0.222. The molecule has 2 aromatic heterocycles. The molecule has 0 spiro atoms. The number of amides is 1. The minimum atomic E-state index is -4.23. The molecule has 4 N–H and O–H groups in total. The Hall–Kier alpha value is -3.71. The zero-order chi connectivity index (χ0) is 22.4. The van der Waals surface area contributed by atoms with Gasteiger partial charge in [0.15, 0.2) is 11.5 Å². The van der Waals surface area contributed by atoms with E-state index < -0.39 is 16.4 Å². The number of nitrogens with two attached hydrogens (primary N) is 1. The van der Waals surface area contributed by atoms with Gasteiger partial charge >= 0.3 is 16.4 Å². The zero-order valence-corrected chi connectivity index (χ0v) is 17.5. The van der Waals surface area contributed by atoms with Crippen molar-refractivity contribution in [2.45, 2.75) is 0 Å². The van der Waals surface area contributed by atoms with Crippen LogP contribution in [0, 0.1) is 0 Å². The van der Waals surface area contributed by atoms with Gasteiger partial charge in [0.05, 0.1) is 25.4 Å². The van der Waals surface area contributed by atoms with Gasteiger partial charge in [-0.25, -0.2) is 19.7 Å². The van der Waals surface area contributed by atoms with Gasteiger partial charge in [0.2, 0.25) is 0 Å². The topological polar surface area (TPSA) is 168 Å². The summed E-state index contributed by atoms with van der Waals surface area (Å²) in [5, 5.41) is 3.71. The minimum Gasteiger partial charge on any atom is -0.493 e. The molecule has 13 heteroatoms. The van der Waals surface area contributed by atoms with Crippen LogP contribution in [0.25, 0.3) is 22.2 Å². The van der Waals surface area contributed by atoms with Gasteiger partial charge in [-0.05, 0) is 18.2 Å². The molecule has 1 amide bonds. The average molecular weight is 448 g/mol. The largest absolute Gasteiger partial charge is 0.493 e. The second kappa shape index (κ2) is 9.40. The van der Waals surface area contributed by atoms with E-state index in [4.69, 9.17) is 9.47 Å². The van der Waals surface area contributed by atoms with Gasteiger partial charge in [-0.2, -0.15) is 13.1 Å². The molecule has 0 unspecified atom stereocenters. The Morgan fingerprint density at radius 1 is 1.06 bits per heavy atom. The predicted molar refractivity (Wildman–Crippen MR) is 112 cm³/mol. The second-order valence-electron chi connectivity index (χ2n) is 6.06. The predicted octanol–water partition coefficient (Wildman–Crippen LogP) is 1.05. The molecule has 31 heavy (non-hydrogen) atoms. The van der Waals surface area contributed by atoms with E-state index in [0.29, 0.717) is 28.5 Å². The molecule has 12 nitrogen and oxygen atoms in total. The molecule has 164 valence electrons. The van der Waals surface area contributed by atoms with Crippen LogP contribution in [0.1, 0.15) is 0 Å². The van der Waals surface area contributed by atoms with Gasteiger partial charge in [-0.15, -0.1) is 0 Å². The lowest BCUT2D eigenvalue weighted by atomic mass is 10.1. The number of carbonyl (C=O) groups excluding carboxylic acids is 1. The first-order valence-corrected chi connectivity index (χ1v) is 10.3. The third-order valence-corrected chi connectivity index (χ3v) is 5.02. The first-order valence-electron chi connectivity index (χ1n) is 8.88. The van der Waals surface area contributed by atoms with Gasteiger partial charge in [0, 0.05) is 36.3 Å². The fourth-order valence-corrected chi connectivity index (χ4v) is 3.38. The summed E-state index contributed by atoms with van der Waals surface area (Å²) in [6.45, 7) is 0.151. The van der Waals surface area contributed by atoms with Crippen molar-refractivity contribution in [3.63, 3.8) is 0 Å². The highest BCUT2D eigenvalue weighted by Crippen LogP contribution is 2.35. The number of rotatable bonds is 9. The SMILES string of the molecule is COc1cc2ncnc(-c3ccc(NCCNS(=O)(=O)OC(N)=O)nc3)c2cc1OC. The number of anilines is 1. The zero-order valence-electron chi connectivity index (χ0n) is 16.7. The van der Waals surface area contributed by atoms with Crippen LogP contribution >= 0.6 is 0 Å². The lowest BCUT2D eigenvalue weighted by molar-refractivity contribution is 0.212. The van der Waals surface area contributed by atoms with Crippen molar-refractivity contribution in [3.05, 3.63) is 36.8 Å². The quantitative estimate of drug-likeness (QED) is 0.402. The van der Waals surface area contributed by atoms with E-state index in [1.165, 1.54) is 6.33 Å². The average Bonchev–Trinajstić information content (AvgIpc) is 2.75. The van der Waals surface area contributed by atoms with Crippen molar-refractivity contribution >= 4 is 33.1 Å². The maximum atomic E-state index is 11.3. The van der Waals surface area contributed by atoms with Crippen LogP contribution in [0.2, 0.25) is 0 Å². The molecule has 0 atom stereocenters. The van der Waals surface area contributed by atoms with Crippen molar-refractivity contribution in [2.24, 2.45) is 5.73 Å². The molecule has 3 aromatic rings. The number of pyridine rings is 1. The number of carbonyl (C=O) groups is 1. The van der Waals surface area contributed by atoms with Crippen LogP contribution in [0.15, 0.2) is 36.8 Å². The van der Waals surface area contributed by atoms with Gasteiger partial charge in [0.25, 0.3) is 0 Å². The molecule has 0 saturated carbocycles. The normalized spacial score (nSPS) is 11.2. The highest BCUT2D eigenvalue weighted by molar-refractivity contribution is 7.85. The molecular formula is C18H20N6O6S. The maximum absolute atomic E-state index is 11.3. The fourth-order valence-electron chi connectivity index (χ4n) is 2.76. The number of hydrogen-bond acceptors (Lipinski definition) is 10. The highest BCUT2D eigenvalue weighted by Gasteiger charge is 2.14. The smallest absolute Gasteiger partial charge is 0.421 e. The van der Waals surface area contributed by atoms with Crippen LogP contribution < -0.4 is 25.2 Å². The summed E-state index contributed by atoms with van der Waals surface area (Å²) in [5.41, 5.74) is 6.78. The van der Waals surface area contributed by atoms with Crippen molar-refractivity contribution in [1.82, 2.24) is 19.7 Å². The molecule has 0 bridgehead atoms. The first kappa shape index (κ1) is 22.0. The molecule has 2 heterocycles. The number of fused-ring (bicyclic) bond motifs is 1. The summed E-state index contributed by atoms with van der Waals surface area (Å²) in [7, 11) is -1.12. The van der Waals surface area contributed by atoms with E-state index in [-0.39, 0.29) is 13.1 Å². The van der Waals surface area contributed by atoms with E-state index >= 15 is 0 Å². The second-order valence-corrected chi connectivity index (χ2v) is 7.42. The molecule has 1 aromatic carbocycles.